The third-order valence-corrected chi connectivity index (χ3v) is 4.98. The van der Waals surface area contributed by atoms with E-state index in [-0.39, 0.29) is 11.3 Å². The third kappa shape index (κ3) is 3.72. The summed E-state index contributed by atoms with van der Waals surface area (Å²) >= 11 is 1.38. The van der Waals surface area contributed by atoms with Crippen LogP contribution in [0.15, 0.2) is 12.3 Å². The van der Waals surface area contributed by atoms with E-state index < -0.39 is 10.8 Å². The number of hydrogen-bond acceptors (Lipinski definition) is 9. The molecular formula is C15H19N7O3S. The SMILES string of the molecule is CCc1nsc(N2CCCN(c3ncc([N+](=O)[O-])cc3C(N)=O)CC2)n1. The monoisotopic (exact) mass is 377 g/mol. The smallest absolute Gasteiger partial charge is 0.288 e. The van der Waals surface area contributed by atoms with E-state index in [9.17, 15) is 14.9 Å². The van der Waals surface area contributed by atoms with Crippen LogP contribution in [0.4, 0.5) is 16.6 Å². The van der Waals surface area contributed by atoms with Crippen molar-refractivity contribution in [2.45, 2.75) is 19.8 Å². The minimum atomic E-state index is -0.728. The van der Waals surface area contributed by atoms with E-state index in [2.05, 4.69) is 19.2 Å². The molecule has 1 aliphatic heterocycles. The van der Waals surface area contributed by atoms with Crippen LogP contribution in [0.25, 0.3) is 0 Å². The Morgan fingerprint density at radius 2 is 2.08 bits per heavy atom. The molecule has 1 amide bonds. The topological polar surface area (TPSA) is 131 Å². The normalized spacial score (nSPS) is 15.0. The molecule has 2 aromatic heterocycles. The first kappa shape index (κ1) is 18.0. The standard InChI is InChI=1S/C15H19N7O3S/c1-2-12-18-15(26-19-12)21-5-3-4-20(6-7-21)14-11(13(16)23)8-10(9-17-14)22(24)25/h8-9H,2-7H2,1H3,(H2,16,23). The molecule has 3 rings (SSSR count). The summed E-state index contributed by atoms with van der Waals surface area (Å²) in [5.41, 5.74) is 5.23. The van der Waals surface area contributed by atoms with E-state index in [1.165, 1.54) is 17.6 Å². The number of nitro groups is 1. The number of carbonyl (C=O) groups excluding carboxylic acids is 1. The van der Waals surface area contributed by atoms with Crippen molar-refractivity contribution in [2.75, 3.05) is 36.0 Å². The van der Waals surface area contributed by atoms with Gasteiger partial charge in [0.1, 0.15) is 17.8 Å². The molecule has 0 aromatic carbocycles. The molecule has 11 heteroatoms. The number of hydrogen-bond donors (Lipinski definition) is 1. The zero-order valence-electron chi connectivity index (χ0n) is 14.3. The molecule has 3 heterocycles. The molecule has 0 radical (unpaired) electrons. The molecule has 0 atom stereocenters. The second-order valence-corrected chi connectivity index (χ2v) is 6.59. The second-order valence-electron chi connectivity index (χ2n) is 5.86. The first-order chi connectivity index (χ1) is 12.5. The molecule has 2 N–H and O–H groups in total. The van der Waals surface area contributed by atoms with Crippen molar-refractivity contribution >= 4 is 34.1 Å². The first-order valence-corrected chi connectivity index (χ1v) is 9.03. The van der Waals surface area contributed by atoms with Crippen LogP contribution in [0, 0.1) is 10.1 Å². The van der Waals surface area contributed by atoms with Gasteiger partial charge < -0.3 is 15.5 Å². The molecule has 138 valence electrons. The van der Waals surface area contributed by atoms with Crippen molar-refractivity contribution < 1.29 is 9.72 Å². The van der Waals surface area contributed by atoms with Gasteiger partial charge in [-0.3, -0.25) is 14.9 Å². The number of amides is 1. The lowest BCUT2D eigenvalue weighted by molar-refractivity contribution is -0.385. The van der Waals surface area contributed by atoms with Crippen LogP contribution in [-0.4, -0.2) is 51.4 Å². The Kier molecular flexibility index (Phi) is 5.26. The summed E-state index contributed by atoms with van der Waals surface area (Å²) in [6.07, 6.45) is 2.78. The minimum absolute atomic E-state index is 0.0665. The molecule has 1 saturated heterocycles. The number of carbonyl (C=O) groups is 1. The van der Waals surface area contributed by atoms with Gasteiger partial charge in [-0.2, -0.15) is 4.37 Å². The number of nitrogens with two attached hydrogens (primary N) is 1. The highest BCUT2D eigenvalue weighted by atomic mass is 32.1. The summed E-state index contributed by atoms with van der Waals surface area (Å²) in [7, 11) is 0. The maximum absolute atomic E-state index is 11.8. The van der Waals surface area contributed by atoms with Gasteiger partial charge in [0, 0.05) is 50.2 Å². The number of rotatable bonds is 5. The third-order valence-electron chi connectivity index (χ3n) is 4.17. The van der Waals surface area contributed by atoms with E-state index in [1.54, 1.807) is 0 Å². The fourth-order valence-corrected chi connectivity index (χ4v) is 3.62. The van der Waals surface area contributed by atoms with Crippen LogP contribution < -0.4 is 15.5 Å². The number of aromatic nitrogens is 3. The lowest BCUT2D eigenvalue weighted by Gasteiger charge is -2.23. The Hall–Kier alpha value is -2.82. The van der Waals surface area contributed by atoms with Crippen LogP contribution >= 0.6 is 11.5 Å². The maximum Gasteiger partial charge on any atom is 0.288 e. The van der Waals surface area contributed by atoms with Crippen molar-refractivity contribution in [1.82, 2.24) is 14.3 Å². The zero-order valence-corrected chi connectivity index (χ0v) is 15.1. The van der Waals surface area contributed by atoms with Gasteiger partial charge in [0.2, 0.25) is 5.13 Å². The molecule has 1 aliphatic rings. The Bertz CT molecular complexity index is 825. The fraction of sp³-hybridized carbons (Fsp3) is 0.467. The Balaban J connectivity index is 1.80. The van der Waals surface area contributed by atoms with Gasteiger partial charge in [0.05, 0.1) is 10.5 Å². The van der Waals surface area contributed by atoms with Crippen LogP contribution in [0.1, 0.15) is 29.5 Å². The minimum Gasteiger partial charge on any atom is -0.365 e. The van der Waals surface area contributed by atoms with Crippen LogP contribution in [0.3, 0.4) is 0 Å². The van der Waals surface area contributed by atoms with E-state index in [4.69, 9.17) is 5.73 Å². The van der Waals surface area contributed by atoms with Crippen molar-refractivity contribution in [1.29, 1.82) is 0 Å². The van der Waals surface area contributed by atoms with Crippen molar-refractivity contribution in [3.63, 3.8) is 0 Å². The summed E-state index contributed by atoms with van der Waals surface area (Å²) in [6.45, 7) is 4.79. The van der Waals surface area contributed by atoms with E-state index >= 15 is 0 Å². The molecule has 0 saturated carbocycles. The van der Waals surface area contributed by atoms with Gasteiger partial charge >= 0.3 is 0 Å². The maximum atomic E-state index is 11.8. The van der Waals surface area contributed by atoms with Gasteiger partial charge in [-0.15, -0.1) is 0 Å². The summed E-state index contributed by atoms with van der Waals surface area (Å²) in [5, 5.41) is 11.8. The number of nitrogens with zero attached hydrogens (tertiary/aromatic N) is 6. The van der Waals surface area contributed by atoms with Gasteiger partial charge in [-0.25, -0.2) is 9.97 Å². The number of pyridine rings is 1. The highest BCUT2D eigenvalue weighted by Crippen LogP contribution is 2.25. The van der Waals surface area contributed by atoms with Crippen molar-refractivity contribution in [3.8, 4) is 0 Å². The molecule has 26 heavy (non-hydrogen) atoms. The molecule has 0 aliphatic carbocycles. The fourth-order valence-electron chi connectivity index (χ4n) is 2.82. The van der Waals surface area contributed by atoms with Gasteiger partial charge in [0.25, 0.3) is 11.6 Å². The lowest BCUT2D eigenvalue weighted by atomic mass is 10.2. The van der Waals surface area contributed by atoms with Gasteiger partial charge in [-0.05, 0) is 6.42 Å². The summed E-state index contributed by atoms with van der Waals surface area (Å²) in [4.78, 5) is 34.8. The summed E-state index contributed by atoms with van der Waals surface area (Å²) in [6, 6.07) is 1.19. The predicted octanol–water partition coefficient (Wildman–Crippen LogP) is 1.22. The highest BCUT2D eigenvalue weighted by Gasteiger charge is 2.24. The molecule has 0 unspecified atom stereocenters. The van der Waals surface area contributed by atoms with Crippen LogP contribution in [0.2, 0.25) is 0 Å². The number of anilines is 2. The lowest BCUT2D eigenvalue weighted by Crippen LogP contribution is -2.32. The van der Waals surface area contributed by atoms with E-state index in [0.717, 1.165) is 36.5 Å². The molecule has 10 nitrogen and oxygen atoms in total. The quantitative estimate of drug-likeness (QED) is 0.608. The average Bonchev–Trinajstić information content (AvgIpc) is 2.98. The molecule has 2 aromatic rings. The van der Waals surface area contributed by atoms with E-state index in [1.807, 2.05) is 11.8 Å². The molecule has 1 fully saturated rings. The summed E-state index contributed by atoms with van der Waals surface area (Å²) in [5.74, 6) is 0.490. The highest BCUT2D eigenvalue weighted by molar-refractivity contribution is 7.09. The van der Waals surface area contributed by atoms with Crippen molar-refractivity contribution in [2.24, 2.45) is 5.73 Å². The van der Waals surface area contributed by atoms with Crippen LogP contribution in [-0.2, 0) is 6.42 Å². The number of aryl methyl sites for hydroxylation is 1. The number of primary amides is 1. The van der Waals surface area contributed by atoms with Crippen molar-refractivity contribution in [3.05, 3.63) is 33.8 Å². The van der Waals surface area contributed by atoms with E-state index in [0.29, 0.717) is 25.5 Å². The van der Waals surface area contributed by atoms with Gasteiger partial charge in [0.15, 0.2) is 0 Å². The summed E-state index contributed by atoms with van der Waals surface area (Å²) < 4.78 is 4.32. The molecular weight excluding hydrogens is 358 g/mol. The average molecular weight is 377 g/mol. The van der Waals surface area contributed by atoms with Crippen LogP contribution in [0.5, 0.6) is 0 Å². The molecule has 0 bridgehead atoms. The zero-order chi connectivity index (χ0) is 18.7. The van der Waals surface area contributed by atoms with Gasteiger partial charge in [-0.1, -0.05) is 6.92 Å². The molecule has 0 spiro atoms. The Morgan fingerprint density at radius 3 is 2.73 bits per heavy atom. The second kappa shape index (κ2) is 7.60. The Morgan fingerprint density at radius 1 is 1.35 bits per heavy atom. The predicted molar refractivity (Wildman–Crippen MR) is 97.7 cm³/mol. The first-order valence-electron chi connectivity index (χ1n) is 8.26. The Labute approximate surface area is 154 Å². The largest absolute Gasteiger partial charge is 0.365 e.